The van der Waals surface area contributed by atoms with E-state index in [1.54, 1.807) is 17.9 Å². The van der Waals surface area contributed by atoms with Gasteiger partial charge in [0.1, 0.15) is 5.82 Å². The molecule has 0 bridgehead atoms. The molecule has 1 aromatic rings. The van der Waals surface area contributed by atoms with Gasteiger partial charge < -0.3 is 15.0 Å². The number of benzene rings is 1. The molecule has 1 aromatic carbocycles. The maximum Gasteiger partial charge on any atom is 0.409 e. The highest BCUT2D eigenvalue weighted by Gasteiger charge is 2.31. The Kier molecular flexibility index (Phi) is 6.88. The number of halogens is 1. The monoisotopic (exact) mass is 391 g/mol. The summed E-state index contributed by atoms with van der Waals surface area (Å²) in [7, 11) is 0. The highest BCUT2D eigenvalue weighted by molar-refractivity contribution is 5.95. The first-order valence-corrected chi connectivity index (χ1v) is 10.2. The van der Waals surface area contributed by atoms with E-state index in [1.165, 1.54) is 12.1 Å². The van der Waals surface area contributed by atoms with Gasteiger partial charge in [0.05, 0.1) is 6.61 Å². The number of carbonyl (C=O) groups excluding carboxylic acids is 2. The highest BCUT2D eigenvalue weighted by Crippen LogP contribution is 2.22. The minimum Gasteiger partial charge on any atom is -0.450 e. The quantitative estimate of drug-likeness (QED) is 0.857. The average Bonchev–Trinajstić information content (AvgIpc) is 2.68. The summed E-state index contributed by atoms with van der Waals surface area (Å²) in [5.74, 6) is -0.464. The van der Waals surface area contributed by atoms with Crippen LogP contribution < -0.4 is 5.32 Å². The number of amides is 2. The Morgan fingerprint density at radius 2 is 1.96 bits per heavy atom. The second-order valence-electron chi connectivity index (χ2n) is 7.68. The van der Waals surface area contributed by atoms with Crippen LogP contribution in [0.25, 0.3) is 0 Å². The Morgan fingerprint density at radius 3 is 2.64 bits per heavy atom. The molecule has 0 aromatic heterocycles. The molecule has 1 N–H and O–H groups in total. The van der Waals surface area contributed by atoms with Crippen LogP contribution in [0.5, 0.6) is 0 Å². The molecule has 2 aliphatic rings. The van der Waals surface area contributed by atoms with Gasteiger partial charge in [-0.25, -0.2) is 9.18 Å². The van der Waals surface area contributed by atoms with Crippen LogP contribution in [0.4, 0.5) is 9.18 Å². The summed E-state index contributed by atoms with van der Waals surface area (Å²) in [4.78, 5) is 28.7. The molecule has 1 atom stereocenters. The molecule has 6 nitrogen and oxygen atoms in total. The summed E-state index contributed by atoms with van der Waals surface area (Å²) in [6.07, 6.45) is 3.61. The Hall–Kier alpha value is -2.15. The van der Waals surface area contributed by atoms with Crippen molar-refractivity contribution in [3.8, 4) is 0 Å². The molecule has 0 spiro atoms. The number of nitrogens with one attached hydrogen (secondary N) is 1. The first-order chi connectivity index (χ1) is 13.5. The lowest BCUT2D eigenvalue weighted by Crippen LogP contribution is -2.54. The van der Waals surface area contributed by atoms with Crippen molar-refractivity contribution in [2.75, 3.05) is 32.8 Å². The summed E-state index contributed by atoms with van der Waals surface area (Å²) in [6.45, 7) is 7.24. The fourth-order valence-electron chi connectivity index (χ4n) is 4.23. The van der Waals surface area contributed by atoms with Gasteiger partial charge in [-0.15, -0.1) is 0 Å². The van der Waals surface area contributed by atoms with Crippen molar-refractivity contribution >= 4 is 12.0 Å². The molecule has 0 unspecified atom stereocenters. The SMILES string of the molecule is CCOC(=O)N1CCC(N2CCC[C@H](NC(=O)c3ccc(F)cc3C)C2)CC1. The molecule has 2 aliphatic heterocycles. The van der Waals surface area contributed by atoms with Gasteiger partial charge in [0.2, 0.25) is 0 Å². The van der Waals surface area contributed by atoms with E-state index in [0.29, 0.717) is 36.9 Å². The smallest absolute Gasteiger partial charge is 0.409 e. The van der Waals surface area contributed by atoms with Gasteiger partial charge in [0, 0.05) is 37.3 Å². The van der Waals surface area contributed by atoms with E-state index in [4.69, 9.17) is 4.74 Å². The third kappa shape index (κ3) is 5.01. The molecule has 154 valence electrons. The molecule has 2 fully saturated rings. The molecule has 28 heavy (non-hydrogen) atoms. The maximum atomic E-state index is 13.3. The molecule has 3 rings (SSSR count). The Balaban J connectivity index is 1.52. The molecule has 2 heterocycles. The standard InChI is InChI=1S/C21H30FN3O3/c1-3-28-21(27)24-11-8-18(9-12-24)25-10-4-5-17(14-25)23-20(26)19-7-6-16(22)13-15(19)2/h6-7,13,17-18H,3-5,8-12,14H2,1-2H3,(H,23,26)/t17-/m0/s1. The van der Waals surface area contributed by atoms with Gasteiger partial charge in [-0.1, -0.05) is 0 Å². The first kappa shape index (κ1) is 20.6. The van der Waals surface area contributed by atoms with Gasteiger partial charge in [-0.05, 0) is 69.8 Å². The number of piperidine rings is 2. The topological polar surface area (TPSA) is 61.9 Å². The number of carbonyl (C=O) groups is 2. The minimum absolute atomic E-state index is 0.0915. The summed E-state index contributed by atoms with van der Waals surface area (Å²) >= 11 is 0. The molecule has 7 heteroatoms. The summed E-state index contributed by atoms with van der Waals surface area (Å²) in [5, 5.41) is 3.12. The Morgan fingerprint density at radius 1 is 1.21 bits per heavy atom. The van der Waals surface area contributed by atoms with Crippen molar-refractivity contribution < 1.29 is 18.7 Å². The van der Waals surface area contributed by atoms with Gasteiger partial charge in [-0.2, -0.15) is 0 Å². The van der Waals surface area contributed by atoms with E-state index in [1.807, 2.05) is 6.92 Å². The normalized spacial score (nSPS) is 21.4. The van der Waals surface area contributed by atoms with Crippen molar-refractivity contribution in [1.29, 1.82) is 0 Å². The van der Waals surface area contributed by atoms with Crippen molar-refractivity contribution in [3.63, 3.8) is 0 Å². The van der Waals surface area contributed by atoms with E-state index in [0.717, 1.165) is 38.8 Å². The summed E-state index contributed by atoms with van der Waals surface area (Å²) in [5.41, 5.74) is 1.18. The van der Waals surface area contributed by atoms with Crippen LogP contribution in [0.1, 0.15) is 48.5 Å². The Labute approximate surface area is 166 Å². The summed E-state index contributed by atoms with van der Waals surface area (Å²) < 4.78 is 18.4. The second kappa shape index (κ2) is 9.37. The van der Waals surface area contributed by atoms with Gasteiger partial charge in [0.15, 0.2) is 0 Å². The average molecular weight is 391 g/mol. The number of ether oxygens (including phenoxy) is 1. The number of rotatable bonds is 4. The van der Waals surface area contributed by atoms with Crippen LogP contribution in [0.2, 0.25) is 0 Å². The van der Waals surface area contributed by atoms with Gasteiger partial charge in [-0.3, -0.25) is 9.69 Å². The Bertz CT molecular complexity index is 704. The lowest BCUT2D eigenvalue weighted by atomic mass is 9.97. The van der Waals surface area contributed by atoms with E-state index >= 15 is 0 Å². The highest BCUT2D eigenvalue weighted by atomic mass is 19.1. The molecule has 0 aliphatic carbocycles. The predicted molar refractivity (Wildman–Crippen MR) is 105 cm³/mol. The first-order valence-electron chi connectivity index (χ1n) is 10.2. The van der Waals surface area contributed by atoms with E-state index in [-0.39, 0.29) is 23.9 Å². The summed E-state index contributed by atoms with van der Waals surface area (Å²) in [6, 6.07) is 4.78. The van der Waals surface area contributed by atoms with Crippen LogP contribution in [0, 0.1) is 12.7 Å². The zero-order valence-electron chi connectivity index (χ0n) is 16.7. The molecule has 0 saturated carbocycles. The fraction of sp³-hybridized carbons (Fsp3) is 0.619. The van der Waals surface area contributed by atoms with Crippen LogP contribution in [0.15, 0.2) is 18.2 Å². The van der Waals surface area contributed by atoms with Crippen molar-refractivity contribution in [2.24, 2.45) is 0 Å². The lowest BCUT2D eigenvalue weighted by Gasteiger charge is -2.42. The number of likely N-dealkylation sites (tertiary alicyclic amines) is 2. The third-order valence-electron chi connectivity index (χ3n) is 5.73. The van der Waals surface area contributed by atoms with Crippen LogP contribution in [0.3, 0.4) is 0 Å². The molecule has 2 amide bonds. The number of hydrogen-bond acceptors (Lipinski definition) is 4. The van der Waals surface area contributed by atoms with Crippen molar-refractivity contribution in [3.05, 3.63) is 35.1 Å². The van der Waals surface area contributed by atoms with E-state index in [2.05, 4.69) is 10.2 Å². The minimum atomic E-state index is -0.327. The second-order valence-corrected chi connectivity index (χ2v) is 7.68. The zero-order chi connectivity index (χ0) is 20.1. The largest absolute Gasteiger partial charge is 0.450 e. The van der Waals surface area contributed by atoms with Crippen molar-refractivity contribution in [1.82, 2.24) is 15.1 Å². The van der Waals surface area contributed by atoms with Gasteiger partial charge in [0.25, 0.3) is 5.91 Å². The van der Waals surface area contributed by atoms with E-state index in [9.17, 15) is 14.0 Å². The van der Waals surface area contributed by atoms with Crippen molar-refractivity contribution in [2.45, 2.75) is 51.6 Å². The molecular weight excluding hydrogens is 361 g/mol. The molecule has 2 saturated heterocycles. The van der Waals surface area contributed by atoms with E-state index < -0.39 is 0 Å². The number of hydrogen-bond donors (Lipinski definition) is 1. The fourth-order valence-corrected chi connectivity index (χ4v) is 4.23. The maximum absolute atomic E-state index is 13.3. The number of nitrogens with zero attached hydrogens (tertiary/aromatic N) is 2. The van der Waals surface area contributed by atoms with Crippen LogP contribution in [-0.4, -0.2) is 66.7 Å². The zero-order valence-corrected chi connectivity index (χ0v) is 16.7. The predicted octanol–water partition coefficient (Wildman–Crippen LogP) is 2.95. The molecular formula is C21H30FN3O3. The third-order valence-corrected chi connectivity index (χ3v) is 5.73. The van der Waals surface area contributed by atoms with Crippen LogP contribution in [-0.2, 0) is 4.74 Å². The van der Waals surface area contributed by atoms with Gasteiger partial charge >= 0.3 is 6.09 Å². The number of aryl methyl sites for hydroxylation is 1. The van der Waals surface area contributed by atoms with Crippen LogP contribution >= 0.6 is 0 Å². The lowest BCUT2D eigenvalue weighted by molar-refractivity contribution is 0.0601. The molecule has 0 radical (unpaired) electrons.